The van der Waals surface area contributed by atoms with Crippen molar-refractivity contribution >= 4 is 15.7 Å². The summed E-state index contributed by atoms with van der Waals surface area (Å²) in [6.07, 6.45) is 0.0447. The molecule has 0 bridgehead atoms. The lowest BCUT2D eigenvalue weighted by Gasteiger charge is -2.21. The van der Waals surface area contributed by atoms with E-state index in [4.69, 9.17) is 11.1 Å². The summed E-state index contributed by atoms with van der Waals surface area (Å²) in [4.78, 5) is 11.1. The second-order valence-electron chi connectivity index (χ2n) is 3.19. The average Bonchev–Trinajstić information content (AvgIpc) is 2.45. The van der Waals surface area contributed by atoms with Gasteiger partial charge in [-0.3, -0.25) is 9.80 Å². The second-order valence-corrected chi connectivity index (χ2v) is 5.42. The van der Waals surface area contributed by atoms with Crippen molar-refractivity contribution in [2.75, 3.05) is 11.5 Å². The summed E-state index contributed by atoms with van der Waals surface area (Å²) >= 11 is 0. The predicted octanol–water partition coefficient (Wildman–Crippen LogP) is -1.21. The Labute approximate surface area is 82.2 Å². The first-order valence-corrected chi connectivity index (χ1v) is 5.92. The van der Waals surface area contributed by atoms with Crippen molar-refractivity contribution in [1.82, 2.24) is 5.01 Å². The van der Waals surface area contributed by atoms with Gasteiger partial charge in [0.1, 0.15) is 6.42 Å². The molecule has 1 rings (SSSR count). The lowest BCUT2D eigenvalue weighted by Crippen LogP contribution is -2.46. The lowest BCUT2D eigenvalue weighted by molar-refractivity contribution is -0.132. The van der Waals surface area contributed by atoms with E-state index in [2.05, 4.69) is 0 Å². The number of nitrogens with two attached hydrogens (primary N) is 1. The summed E-state index contributed by atoms with van der Waals surface area (Å²) in [5.41, 5.74) is 0. The van der Waals surface area contributed by atoms with Crippen LogP contribution in [-0.2, 0) is 14.6 Å². The quantitative estimate of drug-likeness (QED) is 0.355. The van der Waals surface area contributed by atoms with Crippen LogP contribution in [0.1, 0.15) is 12.8 Å². The molecule has 0 aromatic carbocycles. The normalized spacial score (nSPS) is 24.1. The Kier molecular flexibility index (Phi) is 3.08. The van der Waals surface area contributed by atoms with E-state index in [1.54, 1.807) is 6.07 Å². The smallest absolute Gasteiger partial charge is 0.250 e. The summed E-state index contributed by atoms with van der Waals surface area (Å²) in [7, 11) is -3.05. The van der Waals surface area contributed by atoms with E-state index in [1.807, 2.05) is 0 Å². The van der Waals surface area contributed by atoms with E-state index in [1.165, 1.54) is 0 Å². The van der Waals surface area contributed by atoms with Crippen LogP contribution in [-0.4, -0.2) is 36.9 Å². The van der Waals surface area contributed by atoms with Crippen molar-refractivity contribution in [2.24, 2.45) is 5.84 Å². The van der Waals surface area contributed by atoms with Gasteiger partial charge in [0, 0.05) is 0 Å². The minimum absolute atomic E-state index is 0.0607. The van der Waals surface area contributed by atoms with E-state index in [0.29, 0.717) is 6.42 Å². The summed E-state index contributed by atoms with van der Waals surface area (Å²) in [6, 6.07) is 1.20. The predicted molar refractivity (Wildman–Crippen MR) is 48.3 cm³/mol. The number of carbonyl (C=O) groups is 1. The number of rotatable bonds is 2. The Balaban J connectivity index is 2.60. The third-order valence-corrected chi connectivity index (χ3v) is 3.87. The van der Waals surface area contributed by atoms with Crippen LogP contribution in [0.3, 0.4) is 0 Å². The van der Waals surface area contributed by atoms with Gasteiger partial charge in [-0.05, 0) is 6.42 Å². The van der Waals surface area contributed by atoms with Crippen LogP contribution in [0, 0.1) is 11.3 Å². The maximum absolute atomic E-state index is 11.1. The Bertz CT molecular complexity index is 370. The highest BCUT2D eigenvalue weighted by Crippen LogP contribution is 2.15. The molecule has 0 saturated carbocycles. The molecule has 1 fully saturated rings. The van der Waals surface area contributed by atoms with Gasteiger partial charge in [0.05, 0.1) is 23.6 Å². The van der Waals surface area contributed by atoms with Crippen LogP contribution in [0.4, 0.5) is 0 Å². The molecule has 78 valence electrons. The Hall–Kier alpha value is -1.13. The standard InChI is InChI=1S/C7H11N3O3S/c8-3-1-7(11)10(9)6-2-4-14(12,13)5-6/h6H,1-2,4-5,9H2. The van der Waals surface area contributed by atoms with Crippen molar-refractivity contribution in [2.45, 2.75) is 18.9 Å². The van der Waals surface area contributed by atoms with Gasteiger partial charge in [-0.2, -0.15) is 5.26 Å². The average molecular weight is 217 g/mol. The summed E-state index contributed by atoms with van der Waals surface area (Å²) in [5.74, 6) is 4.83. The van der Waals surface area contributed by atoms with Gasteiger partial charge in [-0.1, -0.05) is 0 Å². The van der Waals surface area contributed by atoms with Crippen molar-refractivity contribution < 1.29 is 13.2 Å². The number of nitrogens with zero attached hydrogens (tertiary/aromatic N) is 2. The largest absolute Gasteiger partial charge is 0.276 e. The highest BCUT2D eigenvalue weighted by Gasteiger charge is 2.33. The molecule has 2 N–H and O–H groups in total. The van der Waals surface area contributed by atoms with Gasteiger partial charge in [-0.25, -0.2) is 14.3 Å². The first-order chi connectivity index (χ1) is 6.46. The molecule has 1 aliphatic rings. The molecular formula is C7H11N3O3S. The molecule has 1 atom stereocenters. The molecule has 14 heavy (non-hydrogen) atoms. The van der Waals surface area contributed by atoms with Gasteiger partial charge in [0.2, 0.25) is 0 Å². The van der Waals surface area contributed by atoms with Gasteiger partial charge in [0.25, 0.3) is 5.91 Å². The SMILES string of the molecule is N#CCC(=O)N(N)C1CCS(=O)(=O)C1. The number of hydrazine groups is 1. The fourth-order valence-electron chi connectivity index (χ4n) is 1.36. The summed E-state index contributed by atoms with van der Waals surface area (Å²) in [5, 5.41) is 9.13. The third kappa shape index (κ3) is 2.43. The zero-order valence-electron chi connectivity index (χ0n) is 7.51. The van der Waals surface area contributed by atoms with Crippen molar-refractivity contribution in [3.05, 3.63) is 0 Å². The molecular weight excluding hydrogens is 206 g/mol. The molecule has 0 spiro atoms. The zero-order valence-corrected chi connectivity index (χ0v) is 8.33. The molecule has 0 radical (unpaired) electrons. The number of hydrogen-bond acceptors (Lipinski definition) is 5. The Morgan fingerprint density at radius 2 is 2.29 bits per heavy atom. The number of hydrogen-bond donors (Lipinski definition) is 1. The Morgan fingerprint density at radius 3 is 2.71 bits per heavy atom. The lowest BCUT2D eigenvalue weighted by atomic mass is 10.2. The maximum atomic E-state index is 11.1. The molecule has 1 saturated heterocycles. The molecule has 7 heteroatoms. The zero-order chi connectivity index (χ0) is 10.8. The first-order valence-electron chi connectivity index (χ1n) is 4.10. The van der Waals surface area contributed by atoms with Crippen LogP contribution in [0.2, 0.25) is 0 Å². The second kappa shape index (κ2) is 3.94. The van der Waals surface area contributed by atoms with Crippen LogP contribution in [0.25, 0.3) is 0 Å². The first kappa shape index (κ1) is 10.9. The highest BCUT2D eigenvalue weighted by atomic mass is 32.2. The molecule has 0 aromatic heterocycles. The molecule has 1 aliphatic heterocycles. The minimum Gasteiger partial charge on any atom is -0.276 e. The van der Waals surface area contributed by atoms with Gasteiger partial charge in [0.15, 0.2) is 9.84 Å². The molecule has 0 aliphatic carbocycles. The fourth-order valence-corrected chi connectivity index (χ4v) is 3.07. The molecule has 6 nitrogen and oxygen atoms in total. The van der Waals surface area contributed by atoms with Gasteiger partial charge < -0.3 is 0 Å². The van der Waals surface area contributed by atoms with E-state index in [9.17, 15) is 13.2 Å². The van der Waals surface area contributed by atoms with Crippen molar-refractivity contribution in [1.29, 1.82) is 5.26 Å². The molecule has 1 unspecified atom stereocenters. The molecule has 1 amide bonds. The number of sulfone groups is 1. The van der Waals surface area contributed by atoms with Crippen LogP contribution >= 0.6 is 0 Å². The van der Waals surface area contributed by atoms with Gasteiger partial charge in [-0.15, -0.1) is 0 Å². The van der Waals surface area contributed by atoms with E-state index < -0.39 is 21.8 Å². The third-order valence-electron chi connectivity index (χ3n) is 2.12. The topological polar surface area (TPSA) is 104 Å². The number of nitriles is 1. The minimum atomic E-state index is -3.05. The van der Waals surface area contributed by atoms with Crippen molar-refractivity contribution in [3.8, 4) is 6.07 Å². The molecule has 0 aromatic rings. The van der Waals surface area contributed by atoms with Crippen LogP contribution < -0.4 is 5.84 Å². The molecule has 1 heterocycles. The monoisotopic (exact) mass is 217 g/mol. The summed E-state index contributed by atoms with van der Waals surface area (Å²) in [6.45, 7) is 0. The fraction of sp³-hybridized carbons (Fsp3) is 0.714. The number of amides is 1. The van der Waals surface area contributed by atoms with E-state index in [-0.39, 0.29) is 17.9 Å². The van der Waals surface area contributed by atoms with Gasteiger partial charge >= 0.3 is 0 Å². The Morgan fingerprint density at radius 1 is 1.64 bits per heavy atom. The van der Waals surface area contributed by atoms with Crippen molar-refractivity contribution in [3.63, 3.8) is 0 Å². The van der Waals surface area contributed by atoms with E-state index >= 15 is 0 Å². The maximum Gasteiger partial charge on any atom is 0.250 e. The number of carbonyl (C=O) groups excluding carboxylic acids is 1. The van der Waals surface area contributed by atoms with Crippen LogP contribution in [0.5, 0.6) is 0 Å². The summed E-state index contributed by atoms with van der Waals surface area (Å²) < 4.78 is 22.1. The van der Waals surface area contributed by atoms with E-state index in [0.717, 1.165) is 5.01 Å². The van der Waals surface area contributed by atoms with Crippen LogP contribution in [0.15, 0.2) is 0 Å². The highest BCUT2D eigenvalue weighted by molar-refractivity contribution is 7.91.